The van der Waals surface area contributed by atoms with Gasteiger partial charge in [0.1, 0.15) is 6.04 Å². The summed E-state index contributed by atoms with van der Waals surface area (Å²) in [7, 11) is 0. The number of rotatable bonds is 3. The van der Waals surface area contributed by atoms with Crippen molar-refractivity contribution in [1.82, 2.24) is 14.7 Å². The molecule has 0 aliphatic carbocycles. The molecule has 2 heterocycles. The van der Waals surface area contributed by atoms with Crippen LogP contribution >= 0.6 is 11.6 Å². The fraction of sp³-hybridized carbons (Fsp3) is 0.348. The normalized spacial score (nSPS) is 19.1. The van der Waals surface area contributed by atoms with Crippen LogP contribution in [0.3, 0.4) is 0 Å². The first-order valence-corrected chi connectivity index (χ1v) is 10.6. The van der Waals surface area contributed by atoms with Crippen molar-refractivity contribution in [3.63, 3.8) is 0 Å². The number of carbonyl (C=O) groups is 3. The van der Waals surface area contributed by atoms with Gasteiger partial charge in [0.05, 0.1) is 0 Å². The van der Waals surface area contributed by atoms with Crippen molar-refractivity contribution >= 4 is 29.3 Å². The molecule has 0 spiro atoms. The van der Waals surface area contributed by atoms with Crippen molar-refractivity contribution in [2.45, 2.75) is 18.9 Å². The van der Waals surface area contributed by atoms with E-state index in [0.29, 0.717) is 55.3 Å². The lowest BCUT2D eigenvalue weighted by Gasteiger charge is -2.37. The van der Waals surface area contributed by atoms with E-state index in [0.717, 1.165) is 6.42 Å². The molecule has 0 unspecified atom stereocenters. The van der Waals surface area contributed by atoms with Crippen molar-refractivity contribution < 1.29 is 14.4 Å². The molecule has 2 aliphatic rings. The Labute approximate surface area is 181 Å². The van der Waals surface area contributed by atoms with Crippen molar-refractivity contribution in [3.8, 4) is 0 Å². The first-order chi connectivity index (χ1) is 14.5. The Hall–Kier alpha value is -2.86. The van der Waals surface area contributed by atoms with Gasteiger partial charge in [-0.3, -0.25) is 14.4 Å². The third-order valence-electron chi connectivity index (χ3n) is 5.77. The quantitative estimate of drug-likeness (QED) is 0.759. The fourth-order valence-electron chi connectivity index (χ4n) is 4.16. The average Bonchev–Trinajstić information content (AvgIpc) is 3.28. The van der Waals surface area contributed by atoms with E-state index in [1.165, 1.54) is 0 Å². The smallest absolute Gasteiger partial charge is 0.254 e. The number of halogens is 1. The highest BCUT2D eigenvalue weighted by Crippen LogP contribution is 2.23. The molecule has 6 nitrogen and oxygen atoms in total. The van der Waals surface area contributed by atoms with Gasteiger partial charge in [0.15, 0.2) is 0 Å². The first kappa shape index (κ1) is 20.4. The molecule has 2 fully saturated rings. The Morgan fingerprint density at radius 2 is 1.43 bits per heavy atom. The van der Waals surface area contributed by atoms with Crippen molar-refractivity contribution in [3.05, 3.63) is 70.7 Å². The van der Waals surface area contributed by atoms with Gasteiger partial charge >= 0.3 is 0 Å². The number of hydrogen-bond acceptors (Lipinski definition) is 3. The Morgan fingerprint density at radius 3 is 2.13 bits per heavy atom. The number of amides is 3. The predicted octanol–water partition coefficient (Wildman–Crippen LogP) is 2.93. The van der Waals surface area contributed by atoms with Crippen LogP contribution in [-0.2, 0) is 4.79 Å². The van der Waals surface area contributed by atoms with Gasteiger partial charge in [-0.2, -0.15) is 0 Å². The topological polar surface area (TPSA) is 60.9 Å². The van der Waals surface area contributed by atoms with E-state index in [1.807, 2.05) is 18.2 Å². The average molecular weight is 426 g/mol. The van der Waals surface area contributed by atoms with E-state index in [9.17, 15) is 14.4 Å². The maximum absolute atomic E-state index is 13.1. The summed E-state index contributed by atoms with van der Waals surface area (Å²) in [6, 6.07) is 15.6. The summed E-state index contributed by atoms with van der Waals surface area (Å²) in [6.07, 6.45) is 1.50. The number of piperazine rings is 1. The minimum absolute atomic E-state index is 0.0216. The molecule has 30 heavy (non-hydrogen) atoms. The van der Waals surface area contributed by atoms with Crippen LogP contribution in [0.1, 0.15) is 33.6 Å². The SMILES string of the molecule is O=C(c1cccc(Cl)c1)N1CCN(C(=O)[C@H]2CCCN2C(=O)c2ccccc2)CC1. The van der Waals surface area contributed by atoms with Gasteiger partial charge in [-0.1, -0.05) is 35.9 Å². The van der Waals surface area contributed by atoms with E-state index in [-0.39, 0.29) is 17.7 Å². The fourth-order valence-corrected chi connectivity index (χ4v) is 4.35. The van der Waals surface area contributed by atoms with E-state index in [1.54, 1.807) is 51.1 Å². The van der Waals surface area contributed by atoms with Gasteiger partial charge < -0.3 is 14.7 Å². The van der Waals surface area contributed by atoms with E-state index in [2.05, 4.69) is 0 Å². The number of benzene rings is 2. The maximum atomic E-state index is 13.1. The van der Waals surface area contributed by atoms with Crippen LogP contribution in [0.2, 0.25) is 5.02 Å². The molecular weight excluding hydrogens is 402 g/mol. The molecule has 156 valence electrons. The van der Waals surface area contributed by atoms with Gasteiger partial charge in [-0.25, -0.2) is 0 Å². The number of carbonyl (C=O) groups excluding carboxylic acids is 3. The molecule has 0 radical (unpaired) electrons. The third-order valence-corrected chi connectivity index (χ3v) is 6.00. The minimum atomic E-state index is -0.423. The number of nitrogens with zero attached hydrogens (tertiary/aromatic N) is 3. The molecule has 1 atom stereocenters. The van der Waals surface area contributed by atoms with Crippen molar-refractivity contribution in [2.75, 3.05) is 32.7 Å². The predicted molar refractivity (Wildman–Crippen MR) is 114 cm³/mol. The summed E-state index contributed by atoms with van der Waals surface area (Å²) in [5.74, 6) is -0.195. The van der Waals surface area contributed by atoms with Gasteiger partial charge in [0.2, 0.25) is 5.91 Å². The second-order valence-electron chi connectivity index (χ2n) is 7.65. The highest BCUT2D eigenvalue weighted by molar-refractivity contribution is 6.30. The molecule has 2 aromatic rings. The van der Waals surface area contributed by atoms with Gasteiger partial charge in [-0.15, -0.1) is 0 Å². The zero-order chi connectivity index (χ0) is 21.1. The van der Waals surface area contributed by atoms with Crippen molar-refractivity contribution in [1.29, 1.82) is 0 Å². The highest BCUT2D eigenvalue weighted by atomic mass is 35.5. The summed E-state index contributed by atoms with van der Waals surface area (Å²) in [4.78, 5) is 43.9. The monoisotopic (exact) mass is 425 g/mol. The maximum Gasteiger partial charge on any atom is 0.254 e. The summed E-state index contributed by atoms with van der Waals surface area (Å²) in [6.45, 7) is 2.47. The summed E-state index contributed by atoms with van der Waals surface area (Å²) in [5.41, 5.74) is 1.16. The van der Waals surface area contributed by atoms with Crippen LogP contribution in [0.4, 0.5) is 0 Å². The Morgan fingerprint density at radius 1 is 0.767 bits per heavy atom. The second-order valence-corrected chi connectivity index (χ2v) is 8.09. The summed E-state index contributed by atoms with van der Waals surface area (Å²) in [5, 5.41) is 0.527. The van der Waals surface area contributed by atoms with Crippen LogP contribution in [0.5, 0.6) is 0 Å². The van der Waals surface area contributed by atoms with E-state index >= 15 is 0 Å². The zero-order valence-electron chi connectivity index (χ0n) is 16.7. The van der Waals surface area contributed by atoms with Gasteiger partial charge in [0.25, 0.3) is 11.8 Å². The molecule has 7 heteroatoms. The number of likely N-dealkylation sites (tertiary alicyclic amines) is 1. The summed E-state index contributed by atoms with van der Waals surface area (Å²) < 4.78 is 0. The largest absolute Gasteiger partial charge is 0.337 e. The van der Waals surface area contributed by atoms with Crippen LogP contribution < -0.4 is 0 Å². The van der Waals surface area contributed by atoms with Gasteiger partial charge in [-0.05, 0) is 43.2 Å². The van der Waals surface area contributed by atoms with Crippen LogP contribution in [0.15, 0.2) is 54.6 Å². The molecule has 2 aliphatic heterocycles. The second kappa shape index (κ2) is 8.88. The summed E-state index contributed by atoms with van der Waals surface area (Å²) >= 11 is 5.99. The third kappa shape index (κ3) is 4.19. The Bertz CT molecular complexity index is 942. The van der Waals surface area contributed by atoms with Crippen LogP contribution in [0, 0.1) is 0 Å². The van der Waals surface area contributed by atoms with E-state index in [4.69, 9.17) is 11.6 Å². The standard InChI is InChI=1S/C23H24ClN3O3/c24-19-9-4-8-18(16-19)21(28)25-12-14-26(15-13-25)23(30)20-10-5-11-27(20)22(29)17-6-2-1-3-7-17/h1-4,6-9,16,20H,5,10-15H2/t20-/m1/s1. The molecule has 0 N–H and O–H groups in total. The molecule has 2 aromatic carbocycles. The molecule has 2 saturated heterocycles. The zero-order valence-corrected chi connectivity index (χ0v) is 17.4. The molecule has 0 saturated carbocycles. The molecular formula is C23H24ClN3O3. The van der Waals surface area contributed by atoms with Crippen LogP contribution in [-0.4, -0.2) is 71.2 Å². The van der Waals surface area contributed by atoms with Gasteiger partial charge in [0, 0.05) is 48.9 Å². The number of hydrogen-bond donors (Lipinski definition) is 0. The molecule has 0 bridgehead atoms. The Balaban J connectivity index is 1.38. The lowest BCUT2D eigenvalue weighted by molar-refractivity contribution is -0.136. The molecule has 4 rings (SSSR count). The van der Waals surface area contributed by atoms with Crippen LogP contribution in [0.25, 0.3) is 0 Å². The lowest BCUT2D eigenvalue weighted by Crippen LogP contribution is -2.55. The first-order valence-electron chi connectivity index (χ1n) is 10.2. The molecule has 0 aromatic heterocycles. The Kier molecular flexibility index (Phi) is 6.04. The van der Waals surface area contributed by atoms with E-state index < -0.39 is 6.04 Å². The minimum Gasteiger partial charge on any atom is -0.337 e. The lowest BCUT2D eigenvalue weighted by atomic mass is 10.1. The highest BCUT2D eigenvalue weighted by Gasteiger charge is 2.38. The molecule has 3 amide bonds. The van der Waals surface area contributed by atoms with Crippen molar-refractivity contribution in [2.24, 2.45) is 0 Å².